The second-order valence-electron chi connectivity index (χ2n) is 5.44. The maximum atomic E-state index is 12.5. The van der Waals surface area contributed by atoms with Gasteiger partial charge >= 0.3 is 5.97 Å². The van der Waals surface area contributed by atoms with Crippen molar-refractivity contribution in [1.82, 2.24) is 0 Å². The second kappa shape index (κ2) is 9.19. The number of hydrogen-bond acceptors (Lipinski definition) is 5. The smallest absolute Gasteiger partial charge is 0.339 e. The molecule has 2 aromatic carbocycles. The number of ether oxygens (including phenoxy) is 1. The average Bonchev–Trinajstić information content (AvgIpc) is 2.60. The second-order valence-corrected chi connectivity index (χ2v) is 6.47. The monoisotopic (exact) mass is 380 g/mol. The summed E-state index contributed by atoms with van der Waals surface area (Å²) in [5, 5.41) is 2.60. The first-order valence-electron chi connectivity index (χ1n) is 7.65. The fraction of sp³-hybridized carbons (Fsp3) is 0.222. The van der Waals surface area contributed by atoms with Crippen LogP contribution in [0.2, 0.25) is 0 Å². The summed E-state index contributed by atoms with van der Waals surface area (Å²) in [4.78, 5) is 26.0. The molecule has 8 heteroatoms. The maximum absolute atomic E-state index is 12.5. The van der Waals surface area contributed by atoms with E-state index >= 15 is 0 Å². The van der Waals surface area contributed by atoms with Gasteiger partial charge in [-0.15, -0.1) is 0 Å². The average molecular weight is 380 g/mol. The van der Waals surface area contributed by atoms with E-state index in [1.165, 1.54) is 12.1 Å². The Morgan fingerprint density at radius 2 is 1.77 bits per heavy atom. The molecular weight excluding hydrogens is 362 g/mol. The fourth-order valence-electron chi connectivity index (χ4n) is 2.08. The molecule has 2 aromatic rings. The number of anilines is 2. The highest BCUT2D eigenvalue weighted by atomic mass is 32.2. The number of carbonyl (C=O) groups excluding carboxylic acids is 2. The van der Waals surface area contributed by atoms with E-state index in [-0.39, 0.29) is 22.2 Å². The van der Waals surface area contributed by atoms with E-state index in [0.29, 0.717) is 5.69 Å². The number of hydrogen-bond donors (Lipinski definition) is 1. The van der Waals surface area contributed by atoms with Crippen LogP contribution in [0.1, 0.15) is 10.4 Å². The van der Waals surface area contributed by atoms with Gasteiger partial charge in [0.1, 0.15) is 0 Å². The molecule has 0 unspecified atom stereocenters. The molecule has 0 saturated carbocycles. The van der Waals surface area contributed by atoms with E-state index < -0.39 is 24.2 Å². The highest BCUT2D eigenvalue weighted by Crippen LogP contribution is 2.28. The van der Waals surface area contributed by atoms with Crippen molar-refractivity contribution in [3.63, 3.8) is 0 Å². The summed E-state index contributed by atoms with van der Waals surface area (Å²) in [6, 6.07) is 13.0. The normalized spacial score (nSPS) is 10.5. The molecular formula is C18H18F2N2O3S. The summed E-state index contributed by atoms with van der Waals surface area (Å²) in [5.41, 5.74) is 1.54. The molecule has 0 aliphatic heterocycles. The molecule has 26 heavy (non-hydrogen) atoms. The zero-order valence-electron chi connectivity index (χ0n) is 14.2. The van der Waals surface area contributed by atoms with Gasteiger partial charge in [-0.05, 0) is 36.4 Å². The van der Waals surface area contributed by atoms with Crippen molar-refractivity contribution in [1.29, 1.82) is 0 Å². The predicted octanol–water partition coefficient (Wildman–Crippen LogP) is 3.86. The van der Waals surface area contributed by atoms with Crippen LogP contribution in [0.25, 0.3) is 0 Å². The van der Waals surface area contributed by atoms with Gasteiger partial charge in [0.25, 0.3) is 11.7 Å². The maximum Gasteiger partial charge on any atom is 0.339 e. The van der Waals surface area contributed by atoms with E-state index in [4.69, 9.17) is 4.74 Å². The Morgan fingerprint density at radius 1 is 1.12 bits per heavy atom. The molecule has 0 fully saturated rings. The van der Waals surface area contributed by atoms with Crippen LogP contribution in [0.15, 0.2) is 53.4 Å². The van der Waals surface area contributed by atoms with E-state index in [1.807, 2.05) is 31.1 Å². The van der Waals surface area contributed by atoms with Gasteiger partial charge < -0.3 is 15.0 Å². The lowest BCUT2D eigenvalue weighted by atomic mass is 10.2. The standard InChI is InChI=1S/C18H18F2N2O3S/c1-22(2)13-9-7-12(8-10-13)21-16(23)11-25-17(24)14-5-3-4-6-15(14)26-18(19)20/h3-10,18H,11H2,1-2H3,(H,21,23). The Labute approximate surface area is 154 Å². The van der Waals surface area contributed by atoms with E-state index in [1.54, 1.807) is 24.3 Å². The van der Waals surface area contributed by atoms with Gasteiger partial charge in [-0.1, -0.05) is 23.9 Å². The number of thioether (sulfide) groups is 1. The minimum absolute atomic E-state index is 0.000867. The van der Waals surface area contributed by atoms with Crippen LogP contribution in [0.3, 0.4) is 0 Å². The number of esters is 1. The topological polar surface area (TPSA) is 58.6 Å². The van der Waals surface area contributed by atoms with Crippen LogP contribution in [0.5, 0.6) is 0 Å². The van der Waals surface area contributed by atoms with Crippen molar-refractivity contribution < 1.29 is 23.1 Å². The Morgan fingerprint density at radius 3 is 2.38 bits per heavy atom. The highest BCUT2D eigenvalue weighted by Gasteiger charge is 2.17. The lowest BCUT2D eigenvalue weighted by molar-refractivity contribution is -0.119. The highest BCUT2D eigenvalue weighted by molar-refractivity contribution is 7.99. The van der Waals surface area contributed by atoms with Gasteiger partial charge in [-0.3, -0.25) is 4.79 Å². The largest absolute Gasteiger partial charge is 0.452 e. The SMILES string of the molecule is CN(C)c1ccc(NC(=O)COC(=O)c2ccccc2SC(F)F)cc1. The summed E-state index contributed by atoms with van der Waals surface area (Å²) in [5.74, 6) is -4.00. The summed E-state index contributed by atoms with van der Waals surface area (Å²) in [6.07, 6.45) is 0. The van der Waals surface area contributed by atoms with Crippen LogP contribution < -0.4 is 10.2 Å². The number of halogens is 2. The van der Waals surface area contributed by atoms with Crippen LogP contribution in [-0.4, -0.2) is 38.3 Å². The van der Waals surface area contributed by atoms with Crippen molar-refractivity contribution in [2.75, 3.05) is 30.9 Å². The minimum Gasteiger partial charge on any atom is -0.452 e. The third-order valence-electron chi connectivity index (χ3n) is 3.32. The minimum atomic E-state index is -2.66. The molecule has 2 rings (SSSR count). The van der Waals surface area contributed by atoms with E-state index in [2.05, 4.69) is 5.32 Å². The number of benzene rings is 2. The molecule has 5 nitrogen and oxygen atoms in total. The van der Waals surface area contributed by atoms with Crippen molar-refractivity contribution in [3.05, 3.63) is 54.1 Å². The molecule has 0 radical (unpaired) electrons. The molecule has 0 saturated heterocycles. The van der Waals surface area contributed by atoms with E-state index in [0.717, 1.165) is 5.69 Å². The first kappa shape index (κ1) is 19.7. The molecule has 138 valence electrons. The first-order chi connectivity index (χ1) is 12.4. The summed E-state index contributed by atoms with van der Waals surface area (Å²) < 4.78 is 30.0. The number of nitrogens with one attached hydrogen (secondary N) is 1. The molecule has 0 heterocycles. The van der Waals surface area contributed by atoms with Crippen LogP contribution in [0, 0.1) is 0 Å². The number of nitrogens with zero attached hydrogens (tertiary/aromatic N) is 1. The van der Waals surface area contributed by atoms with Crippen molar-refractivity contribution in [2.24, 2.45) is 0 Å². The lowest BCUT2D eigenvalue weighted by Crippen LogP contribution is -2.21. The molecule has 0 aromatic heterocycles. The third kappa shape index (κ3) is 5.73. The van der Waals surface area contributed by atoms with Crippen molar-refractivity contribution in [2.45, 2.75) is 10.7 Å². The summed E-state index contributed by atoms with van der Waals surface area (Å²) >= 11 is 0.255. The zero-order valence-corrected chi connectivity index (χ0v) is 15.1. The Balaban J connectivity index is 1.92. The van der Waals surface area contributed by atoms with Gasteiger partial charge in [-0.2, -0.15) is 8.78 Å². The molecule has 0 aliphatic rings. The summed E-state index contributed by atoms with van der Waals surface area (Å²) in [6.45, 7) is -0.512. The molecule has 0 atom stereocenters. The first-order valence-corrected chi connectivity index (χ1v) is 8.53. The van der Waals surface area contributed by atoms with E-state index in [9.17, 15) is 18.4 Å². The Hall–Kier alpha value is -2.61. The molecule has 0 bridgehead atoms. The van der Waals surface area contributed by atoms with Gasteiger partial charge in [0.15, 0.2) is 6.61 Å². The van der Waals surface area contributed by atoms with Gasteiger partial charge in [0.05, 0.1) is 5.56 Å². The van der Waals surface area contributed by atoms with Gasteiger partial charge in [0, 0.05) is 30.4 Å². The Kier molecular flexibility index (Phi) is 6.97. The molecule has 0 aliphatic carbocycles. The number of rotatable bonds is 7. The van der Waals surface area contributed by atoms with Crippen LogP contribution in [0.4, 0.5) is 20.2 Å². The summed E-state index contributed by atoms with van der Waals surface area (Å²) in [7, 11) is 3.80. The van der Waals surface area contributed by atoms with Gasteiger partial charge in [-0.25, -0.2) is 4.79 Å². The van der Waals surface area contributed by atoms with Gasteiger partial charge in [0.2, 0.25) is 0 Å². The number of carbonyl (C=O) groups is 2. The predicted molar refractivity (Wildman–Crippen MR) is 98.0 cm³/mol. The van der Waals surface area contributed by atoms with Crippen LogP contribution in [-0.2, 0) is 9.53 Å². The number of alkyl halides is 2. The quantitative estimate of drug-likeness (QED) is 0.584. The Bertz CT molecular complexity index is 767. The fourth-order valence-corrected chi connectivity index (χ4v) is 2.71. The zero-order chi connectivity index (χ0) is 19.1. The molecule has 1 N–H and O–H groups in total. The molecule has 0 spiro atoms. The third-order valence-corrected chi connectivity index (χ3v) is 4.11. The molecule has 1 amide bonds. The van der Waals surface area contributed by atoms with Crippen molar-refractivity contribution in [3.8, 4) is 0 Å². The lowest BCUT2D eigenvalue weighted by Gasteiger charge is -2.13. The number of amides is 1. The van der Waals surface area contributed by atoms with Crippen molar-refractivity contribution >= 4 is 35.0 Å². The van der Waals surface area contributed by atoms with Crippen LogP contribution >= 0.6 is 11.8 Å².